The molecule has 6 heteroatoms. The van der Waals surface area contributed by atoms with E-state index in [1.165, 1.54) is 0 Å². The third kappa shape index (κ3) is 4.41. The Morgan fingerprint density at radius 2 is 1.88 bits per heavy atom. The van der Waals surface area contributed by atoms with Gasteiger partial charge in [-0.25, -0.2) is 13.1 Å². The molecule has 0 fully saturated rings. The predicted molar refractivity (Wildman–Crippen MR) is 59.4 cm³/mol. The smallest absolute Gasteiger partial charge is 0.320 e. The number of carboxylic acids is 1. The van der Waals surface area contributed by atoms with Gasteiger partial charge in [-0.05, 0) is 12.5 Å². The molecule has 0 bridgehead atoms. The summed E-state index contributed by atoms with van der Waals surface area (Å²) in [6.45, 7) is 2.04. The second-order valence-electron chi connectivity index (χ2n) is 3.46. The van der Waals surface area contributed by atoms with Gasteiger partial charge in [0.05, 0.1) is 0 Å². The van der Waals surface area contributed by atoms with E-state index in [2.05, 4.69) is 4.72 Å². The molecule has 5 nitrogen and oxygen atoms in total. The molecule has 0 amide bonds. The van der Waals surface area contributed by atoms with Crippen LogP contribution in [0.4, 0.5) is 0 Å². The van der Waals surface area contributed by atoms with E-state index < -0.39 is 21.7 Å². The fraction of sp³-hybridized carbons (Fsp3) is 0.300. The number of rotatable bonds is 5. The molecule has 0 spiro atoms. The lowest BCUT2D eigenvalue weighted by molar-refractivity contribution is -0.134. The van der Waals surface area contributed by atoms with Crippen LogP contribution >= 0.6 is 0 Å². The molecule has 88 valence electrons. The quantitative estimate of drug-likeness (QED) is 0.788. The summed E-state index contributed by atoms with van der Waals surface area (Å²) in [5, 5.41) is 8.36. The summed E-state index contributed by atoms with van der Waals surface area (Å²) < 4.78 is 24.6. The third-order valence-corrected chi connectivity index (χ3v) is 3.14. The van der Waals surface area contributed by atoms with Crippen molar-refractivity contribution in [1.82, 2.24) is 4.72 Å². The lowest BCUT2D eigenvalue weighted by atomic mass is 10.2. The number of aryl methyl sites for hydroxylation is 1. The van der Waals surface area contributed by atoms with Gasteiger partial charge in [0, 0.05) is 6.54 Å². The average molecular weight is 243 g/mol. The number of nitrogens with one attached hydrogen (secondary N) is 1. The fourth-order valence-electron chi connectivity index (χ4n) is 1.11. The number of carbonyl (C=O) groups is 1. The summed E-state index contributed by atoms with van der Waals surface area (Å²) in [7, 11) is -3.74. The van der Waals surface area contributed by atoms with Gasteiger partial charge in [0.2, 0.25) is 10.0 Å². The Kier molecular flexibility index (Phi) is 4.03. The van der Waals surface area contributed by atoms with E-state index in [9.17, 15) is 13.2 Å². The lowest BCUT2D eigenvalue weighted by Gasteiger charge is -2.04. The molecular weight excluding hydrogens is 230 g/mol. The van der Waals surface area contributed by atoms with Crippen molar-refractivity contribution in [2.45, 2.75) is 13.5 Å². The van der Waals surface area contributed by atoms with E-state index >= 15 is 0 Å². The summed E-state index contributed by atoms with van der Waals surface area (Å²) >= 11 is 0. The highest BCUT2D eigenvalue weighted by molar-refractivity contribution is 7.90. The van der Waals surface area contributed by atoms with Gasteiger partial charge in [0.15, 0.2) is 5.75 Å². The second-order valence-corrected chi connectivity index (χ2v) is 5.27. The molecule has 2 N–H and O–H groups in total. The maximum Gasteiger partial charge on any atom is 0.320 e. The Bertz CT molecular complexity index is 464. The third-order valence-electron chi connectivity index (χ3n) is 1.93. The summed E-state index contributed by atoms with van der Waals surface area (Å²) in [5.41, 5.74) is 1.87. The largest absolute Gasteiger partial charge is 0.480 e. The van der Waals surface area contributed by atoms with Gasteiger partial charge in [0.1, 0.15) is 0 Å². The Labute approximate surface area is 94.2 Å². The van der Waals surface area contributed by atoms with Crippen molar-refractivity contribution in [2.24, 2.45) is 0 Å². The van der Waals surface area contributed by atoms with Crippen LogP contribution in [0.2, 0.25) is 0 Å². The summed E-state index contributed by atoms with van der Waals surface area (Å²) in [4.78, 5) is 10.3. The zero-order valence-corrected chi connectivity index (χ0v) is 9.62. The van der Waals surface area contributed by atoms with Crippen LogP contribution < -0.4 is 4.72 Å². The minimum Gasteiger partial charge on any atom is -0.480 e. The van der Waals surface area contributed by atoms with Gasteiger partial charge < -0.3 is 5.11 Å². The van der Waals surface area contributed by atoms with E-state index in [4.69, 9.17) is 5.11 Å². The lowest BCUT2D eigenvalue weighted by Crippen LogP contribution is -2.29. The highest BCUT2D eigenvalue weighted by Gasteiger charge is 2.14. The molecule has 0 radical (unpaired) electrons. The normalized spacial score (nSPS) is 11.3. The molecule has 0 atom stereocenters. The SMILES string of the molecule is Cc1ccc(CNS(=O)(=O)CC(=O)O)cc1. The molecule has 0 heterocycles. The summed E-state index contributed by atoms with van der Waals surface area (Å²) in [6, 6.07) is 7.30. The van der Waals surface area contributed by atoms with E-state index in [1.807, 2.05) is 19.1 Å². The van der Waals surface area contributed by atoms with Crippen LogP contribution in [-0.2, 0) is 21.4 Å². The standard InChI is InChI=1S/C10H13NO4S/c1-8-2-4-9(5-3-8)6-11-16(14,15)7-10(12)13/h2-5,11H,6-7H2,1H3,(H,12,13). The monoisotopic (exact) mass is 243 g/mol. The van der Waals surface area contributed by atoms with Crippen molar-refractivity contribution in [3.8, 4) is 0 Å². The van der Waals surface area contributed by atoms with Gasteiger partial charge >= 0.3 is 5.97 Å². The highest BCUT2D eigenvalue weighted by atomic mass is 32.2. The van der Waals surface area contributed by atoms with Gasteiger partial charge in [-0.15, -0.1) is 0 Å². The van der Waals surface area contributed by atoms with Crippen LogP contribution in [0.25, 0.3) is 0 Å². The molecule has 0 aliphatic heterocycles. The molecule has 1 aromatic rings. The Morgan fingerprint density at radius 3 is 2.38 bits per heavy atom. The van der Waals surface area contributed by atoms with Crippen LogP contribution in [0.5, 0.6) is 0 Å². The zero-order valence-electron chi connectivity index (χ0n) is 8.80. The molecule has 0 aliphatic rings. The van der Waals surface area contributed by atoms with Crippen molar-refractivity contribution >= 4 is 16.0 Å². The number of hydrogen-bond acceptors (Lipinski definition) is 3. The molecule has 1 rings (SSSR count). The van der Waals surface area contributed by atoms with Crippen molar-refractivity contribution < 1.29 is 18.3 Å². The second kappa shape index (κ2) is 5.09. The van der Waals surface area contributed by atoms with Gasteiger partial charge in [-0.2, -0.15) is 0 Å². The number of benzene rings is 1. The van der Waals surface area contributed by atoms with E-state index in [1.54, 1.807) is 12.1 Å². The van der Waals surface area contributed by atoms with Crippen LogP contribution in [0.1, 0.15) is 11.1 Å². The van der Waals surface area contributed by atoms with Crippen molar-refractivity contribution in [2.75, 3.05) is 5.75 Å². The van der Waals surface area contributed by atoms with Crippen LogP contribution in [0.3, 0.4) is 0 Å². The minimum absolute atomic E-state index is 0.107. The molecule has 16 heavy (non-hydrogen) atoms. The zero-order chi connectivity index (χ0) is 12.2. The maximum absolute atomic E-state index is 11.2. The van der Waals surface area contributed by atoms with Crippen molar-refractivity contribution in [1.29, 1.82) is 0 Å². The Hall–Kier alpha value is -1.40. The molecule has 0 saturated carbocycles. The summed E-state index contributed by atoms with van der Waals surface area (Å²) in [5.74, 6) is -2.27. The Balaban J connectivity index is 2.58. The van der Waals surface area contributed by atoms with Crippen LogP contribution in [0, 0.1) is 6.92 Å². The van der Waals surface area contributed by atoms with E-state index in [0.717, 1.165) is 11.1 Å². The molecule has 0 unspecified atom stereocenters. The average Bonchev–Trinajstić information content (AvgIpc) is 2.15. The maximum atomic E-state index is 11.2. The number of carboxylic acid groups (broad SMARTS) is 1. The highest BCUT2D eigenvalue weighted by Crippen LogP contribution is 2.03. The number of aliphatic carboxylic acids is 1. The van der Waals surface area contributed by atoms with Crippen LogP contribution in [0.15, 0.2) is 24.3 Å². The Morgan fingerprint density at radius 1 is 1.31 bits per heavy atom. The number of hydrogen-bond donors (Lipinski definition) is 2. The van der Waals surface area contributed by atoms with E-state index in [0.29, 0.717) is 0 Å². The first-order valence-electron chi connectivity index (χ1n) is 4.64. The molecule has 0 aliphatic carbocycles. The summed E-state index contributed by atoms with van der Waals surface area (Å²) in [6.07, 6.45) is 0. The fourth-order valence-corrected chi connectivity index (χ4v) is 1.93. The first kappa shape index (κ1) is 12.7. The number of sulfonamides is 1. The minimum atomic E-state index is -3.74. The van der Waals surface area contributed by atoms with Crippen molar-refractivity contribution in [3.05, 3.63) is 35.4 Å². The predicted octanol–water partition coefficient (Wildman–Crippen LogP) is 0.499. The van der Waals surface area contributed by atoms with Crippen molar-refractivity contribution in [3.63, 3.8) is 0 Å². The van der Waals surface area contributed by atoms with Gasteiger partial charge in [-0.1, -0.05) is 29.8 Å². The van der Waals surface area contributed by atoms with Crippen LogP contribution in [-0.4, -0.2) is 25.2 Å². The molecule has 1 aromatic carbocycles. The molecule has 0 saturated heterocycles. The van der Waals surface area contributed by atoms with E-state index in [-0.39, 0.29) is 6.54 Å². The molecule has 0 aromatic heterocycles. The first-order chi connectivity index (χ1) is 7.39. The molecular formula is C10H13NO4S. The topological polar surface area (TPSA) is 83.5 Å². The van der Waals surface area contributed by atoms with Gasteiger partial charge in [-0.3, -0.25) is 4.79 Å². The van der Waals surface area contributed by atoms with Gasteiger partial charge in [0.25, 0.3) is 0 Å². The first-order valence-corrected chi connectivity index (χ1v) is 6.29.